The molecule has 0 aliphatic heterocycles. The maximum atomic E-state index is 10.1. The zero-order chi connectivity index (χ0) is 8.20. The normalized spacial score (nSPS) is 11.1. The summed E-state index contributed by atoms with van der Waals surface area (Å²) < 4.78 is 4.38. The molecule has 60 valence electrons. The lowest BCUT2D eigenvalue weighted by atomic mass is 10.1. The van der Waals surface area contributed by atoms with Gasteiger partial charge < -0.3 is 20.7 Å². The summed E-state index contributed by atoms with van der Waals surface area (Å²) in [6.45, 7) is 0.469. The van der Waals surface area contributed by atoms with E-state index < -0.39 is 24.9 Å². The van der Waals surface area contributed by atoms with E-state index in [0.29, 0.717) is 0 Å². The Hall–Kier alpha value is -0.810. The number of ether oxygens (including phenoxy) is 1. The molecule has 0 spiro atoms. The first-order chi connectivity index (χ1) is 4.54. The van der Waals surface area contributed by atoms with Gasteiger partial charge in [0.2, 0.25) is 0 Å². The van der Waals surface area contributed by atoms with E-state index in [9.17, 15) is 4.79 Å². The molecule has 0 aliphatic rings. The van der Waals surface area contributed by atoms with Crippen molar-refractivity contribution in [2.24, 2.45) is 5.73 Å². The summed E-state index contributed by atoms with van der Waals surface area (Å²) in [5.41, 5.74) is 3.39. The lowest BCUT2D eigenvalue weighted by Crippen LogP contribution is -2.41. The number of aliphatic hydroxyl groups excluding tert-OH is 2. The van der Waals surface area contributed by atoms with Crippen LogP contribution in [0.3, 0.4) is 0 Å². The molecule has 0 aromatic rings. The number of nitrogens with two attached hydrogens (primary N) is 1. The molecule has 0 heterocycles. The molecule has 0 saturated carbocycles. The van der Waals surface area contributed by atoms with E-state index in [2.05, 4.69) is 10.5 Å². The smallest absolute Gasteiger partial charge is 0.405 e. The number of hydrogen-bond donors (Lipinski definition) is 3. The monoisotopic (exact) mass is 149 g/mol. The minimum absolute atomic E-state index is 0.452. The molecule has 0 bridgehead atoms. The zero-order valence-corrected chi connectivity index (χ0v) is 5.70. The summed E-state index contributed by atoms with van der Waals surface area (Å²) in [5.74, 6) is 0. The largest absolute Gasteiger partial charge is 0.438 e. The maximum absolute atomic E-state index is 10.1. The van der Waals surface area contributed by atoms with E-state index in [1.54, 1.807) is 0 Å². The molecule has 0 fully saturated rings. The fourth-order valence-corrected chi connectivity index (χ4v) is 0.357. The second kappa shape index (κ2) is 3.38. The van der Waals surface area contributed by atoms with Crippen LogP contribution in [0, 0.1) is 0 Å². The van der Waals surface area contributed by atoms with E-state index in [1.807, 2.05) is 0 Å². The van der Waals surface area contributed by atoms with E-state index >= 15 is 0 Å². The Morgan fingerprint density at radius 2 is 2.00 bits per heavy atom. The highest BCUT2D eigenvalue weighted by molar-refractivity contribution is 5.65. The highest BCUT2D eigenvalue weighted by Crippen LogP contribution is 2.06. The fraction of sp³-hybridized carbons (Fsp3) is 0.800. The Morgan fingerprint density at radius 1 is 1.60 bits per heavy atom. The minimum Gasteiger partial charge on any atom is -0.438 e. The van der Waals surface area contributed by atoms with Crippen LogP contribution in [-0.4, -0.2) is 35.1 Å². The van der Waals surface area contributed by atoms with Crippen molar-refractivity contribution in [3.8, 4) is 0 Å². The van der Waals surface area contributed by atoms with E-state index in [-0.39, 0.29) is 0 Å². The van der Waals surface area contributed by atoms with Gasteiger partial charge in [-0.15, -0.1) is 0 Å². The van der Waals surface area contributed by atoms with Crippen molar-refractivity contribution >= 4 is 6.09 Å². The first-order valence-electron chi connectivity index (χ1n) is 2.74. The van der Waals surface area contributed by atoms with Crippen molar-refractivity contribution in [3.63, 3.8) is 0 Å². The standard InChI is InChI=1S/C5H11NO4/c1-5(2-7,3-8)10-4(6)9/h7-8H,2-3H2,1H3,(H2,6,9). The quantitative estimate of drug-likeness (QED) is 0.471. The highest BCUT2D eigenvalue weighted by Gasteiger charge is 2.25. The van der Waals surface area contributed by atoms with Crippen LogP contribution in [0.15, 0.2) is 0 Å². The van der Waals surface area contributed by atoms with E-state index in [1.165, 1.54) is 6.92 Å². The Bertz CT molecular complexity index is 121. The van der Waals surface area contributed by atoms with Crippen molar-refractivity contribution in [2.75, 3.05) is 13.2 Å². The van der Waals surface area contributed by atoms with Gasteiger partial charge in [-0.1, -0.05) is 0 Å². The molecule has 5 nitrogen and oxygen atoms in total. The van der Waals surface area contributed by atoms with E-state index in [0.717, 1.165) is 0 Å². The van der Waals surface area contributed by atoms with Crippen LogP contribution in [-0.2, 0) is 4.74 Å². The third-order valence-electron chi connectivity index (χ3n) is 1.02. The number of rotatable bonds is 3. The molecule has 0 saturated heterocycles. The molecule has 10 heavy (non-hydrogen) atoms. The Balaban J connectivity index is 3.92. The number of primary amides is 1. The Morgan fingerprint density at radius 3 is 2.10 bits per heavy atom. The molecular formula is C5H11NO4. The summed E-state index contributed by atoms with van der Waals surface area (Å²) in [6, 6.07) is 0. The van der Waals surface area contributed by atoms with Gasteiger partial charge >= 0.3 is 6.09 Å². The average molecular weight is 149 g/mol. The van der Waals surface area contributed by atoms with Crippen molar-refractivity contribution in [3.05, 3.63) is 0 Å². The molecule has 5 heteroatoms. The fourth-order valence-electron chi connectivity index (χ4n) is 0.357. The Labute approximate surface area is 58.4 Å². The SMILES string of the molecule is CC(CO)(CO)OC(N)=O. The summed E-state index contributed by atoms with van der Waals surface area (Å²) in [5, 5.41) is 17.1. The van der Waals surface area contributed by atoms with Crippen LogP contribution in [0.25, 0.3) is 0 Å². The molecule has 0 rings (SSSR count). The molecule has 4 N–H and O–H groups in total. The lowest BCUT2D eigenvalue weighted by molar-refractivity contribution is -0.0481. The topological polar surface area (TPSA) is 92.8 Å². The minimum atomic E-state index is -1.26. The lowest BCUT2D eigenvalue weighted by Gasteiger charge is -2.23. The van der Waals surface area contributed by atoms with E-state index in [4.69, 9.17) is 10.2 Å². The average Bonchev–Trinajstić information content (AvgIpc) is 1.87. The molecule has 0 unspecified atom stereocenters. The molecule has 1 amide bonds. The van der Waals surface area contributed by atoms with Gasteiger partial charge in [0.1, 0.15) is 0 Å². The molecule has 0 atom stereocenters. The second-order valence-electron chi connectivity index (χ2n) is 2.19. The van der Waals surface area contributed by atoms with Gasteiger partial charge in [0.05, 0.1) is 13.2 Å². The predicted molar refractivity (Wildman–Crippen MR) is 33.2 cm³/mol. The van der Waals surface area contributed by atoms with Crippen LogP contribution >= 0.6 is 0 Å². The van der Waals surface area contributed by atoms with Crippen LogP contribution < -0.4 is 5.73 Å². The van der Waals surface area contributed by atoms with Gasteiger partial charge in [-0.05, 0) is 6.92 Å². The summed E-state index contributed by atoms with van der Waals surface area (Å²) in [6.07, 6.45) is -1.01. The Kier molecular flexibility index (Phi) is 3.11. The molecule has 0 aliphatic carbocycles. The number of aliphatic hydroxyl groups is 2. The van der Waals surface area contributed by atoms with Crippen LogP contribution in [0.5, 0.6) is 0 Å². The van der Waals surface area contributed by atoms with Crippen molar-refractivity contribution in [1.82, 2.24) is 0 Å². The number of carbonyl (C=O) groups is 1. The van der Waals surface area contributed by atoms with Crippen LogP contribution in [0.1, 0.15) is 6.92 Å². The third-order valence-corrected chi connectivity index (χ3v) is 1.02. The van der Waals surface area contributed by atoms with Gasteiger partial charge in [0, 0.05) is 0 Å². The van der Waals surface area contributed by atoms with Gasteiger partial charge in [-0.3, -0.25) is 0 Å². The van der Waals surface area contributed by atoms with Gasteiger partial charge in [0.25, 0.3) is 0 Å². The third kappa shape index (κ3) is 2.65. The molecule has 0 radical (unpaired) electrons. The van der Waals surface area contributed by atoms with Crippen LogP contribution in [0.4, 0.5) is 4.79 Å². The molecule has 0 aromatic heterocycles. The van der Waals surface area contributed by atoms with Crippen molar-refractivity contribution in [1.29, 1.82) is 0 Å². The first kappa shape index (κ1) is 9.19. The van der Waals surface area contributed by atoms with Gasteiger partial charge in [-0.2, -0.15) is 0 Å². The maximum Gasteiger partial charge on any atom is 0.405 e. The van der Waals surface area contributed by atoms with Crippen LogP contribution in [0.2, 0.25) is 0 Å². The highest BCUT2D eigenvalue weighted by atomic mass is 16.6. The number of carbonyl (C=O) groups excluding carboxylic acids is 1. The van der Waals surface area contributed by atoms with Gasteiger partial charge in [0.15, 0.2) is 5.60 Å². The first-order valence-corrected chi connectivity index (χ1v) is 2.74. The summed E-state index contributed by atoms with van der Waals surface area (Å²) in [4.78, 5) is 10.1. The van der Waals surface area contributed by atoms with Crippen molar-refractivity contribution in [2.45, 2.75) is 12.5 Å². The molecular weight excluding hydrogens is 138 g/mol. The van der Waals surface area contributed by atoms with Crippen molar-refractivity contribution < 1.29 is 19.7 Å². The van der Waals surface area contributed by atoms with Gasteiger partial charge in [-0.25, -0.2) is 4.79 Å². The summed E-state index contributed by atoms with van der Waals surface area (Å²) >= 11 is 0. The predicted octanol–water partition coefficient (Wildman–Crippen LogP) is -1.18. The summed E-state index contributed by atoms with van der Waals surface area (Å²) in [7, 11) is 0. The zero-order valence-electron chi connectivity index (χ0n) is 5.70. The molecule has 0 aromatic carbocycles. The number of amides is 1. The second-order valence-corrected chi connectivity index (χ2v) is 2.19. The number of hydrogen-bond acceptors (Lipinski definition) is 4.